The van der Waals surface area contributed by atoms with Crippen LogP contribution < -0.4 is 10.6 Å². The Kier molecular flexibility index (Phi) is 5.14. The van der Waals surface area contributed by atoms with Crippen molar-refractivity contribution in [1.29, 1.82) is 0 Å². The second-order valence-electron chi connectivity index (χ2n) is 4.93. The summed E-state index contributed by atoms with van der Waals surface area (Å²) in [4.78, 5) is 27.1. The number of aryl methyl sites for hydroxylation is 1. The van der Waals surface area contributed by atoms with E-state index in [1.165, 1.54) is 12.1 Å². The summed E-state index contributed by atoms with van der Waals surface area (Å²) in [5, 5.41) is 24.1. The summed E-state index contributed by atoms with van der Waals surface area (Å²) in [5.41, 5.74) is 0.951. The zero-order chi connectivity index (χ0) is 16.8. The third kappa shape index (κ3) is 4.44. The van der Waals surface area contributed by atoms with Crippen LogP contribution in [0.25, 0.3) is 0 Å². The normalized spacial score (nSPS) is 10.1. The third-order valence-electron chi connectivity index (χ3n) is 3.14. The number of hydrogen-bond acceptors (Lipinski definition) is 5. The van der Waals surface area contributed by atoms with Gasteiger partial charge in [-0.2, -0.15) is 0 Å². The molecule has 7 nitrogen and oxygen atoms in total. The number of benzene rings is 1. The number of carboxylic acid groups (broad SMARTS) is 1. The molecule has 2 aromatic rings. The molecule has 4 N–H and O–H groups in total. The number of amides is 1. The van der Waals surface area contributed by atoms with Crippen LogP contribution in [0.1, 0.15) is 26.3 Å². The van der Waals surface area contributed by atoms with E-state index in [4.69, 9.17) is 5.11 Å². The van der Waals surface area contributed by atoms with Crippen LogP contribution in [0.15, 0.2) is 36.5 Å². The van der Waals surface area contributed by atoms with Crippen molar-refractivity contribution in [1.82, 2.24) is 10.3 Å². The summed E-state index contributed by atoms with van der Waals surface area (Å²) in [6, 6.07) is 7.29. The van der Waals surface area contributed by atoms with Gasteiger partial charge in [-0.15, -0.1) is 0 Å². The minimum atomic E-state index is -1.21. The van der Waals surface area contributed by atoms with E-state index in [1.807, 2.05) is 19.1 Å². The largest absolute Gasteiger partial charge is 0.508 e. The number of aromatic hydroxyl groups is 1. The van der Waals surface area contributed by atoms with Gasteiger partial charge in [-0.25, -0.2) is 9.78 Å². The Morgan fingerprint density at radius 3 is 2.61 bits per heavy atom. The minimum Gasteiger partial charge on any atom is -0.508 e. The summed E-state index contributed by atoms with van der Waals surface area (Å²) >= 11 is 0. The van der Waals surface area contributed by atoms with Gasteiger partial charge in [0.05, 0.1) is 5.56 Å². The van der Waals surface area contributed by atoms with Gasteiger partial charge < -0.3 is 20.8 Å². The first-order valence-electron chi connectivity index (χ1n) is 6.98. The highest BCUT2D eigenvalue weighted by Crippen LogP contribution is 2.16. The van der Waals surface area contributed by atoms with Crippen LogP contribution in [0.5, 0.6) is 5.75 Å². The molecule has 0 saturated carbocycles. The quantitative estimate of drug-likeness (QED) is 0.603. The topological polar surface area (TPSA) is 112 Å². The van der Waals surface area contributed by atoms with Crippen molar-refractivity contribution < 1.29 is 19.8 Å². The van der Waals surface area contributed by atoms with Crippen molar-refractivity contribution in [2.45, 2.75) is 6.92 Å². The Balaban J connectivity index is 1.90. The molecule has 0 bridgehead atoms. The molecule has 0 fully saturated rings. The molecule has 7 heteroatoms. The van der Waals surface area contributed by atoms with Crippen LogP contribution >= 0.6 is 0 Å². The number of carbonyl (C=O) groups is 2. The molecule has 0 spiro atoms. The Hall–Kier alpha value is -3.09. The van der Waals surface area contributed by atoms with E-state index in [-0.39, 0.29) is 16.9 Å². The van der Waals surface area contributed by atoms with Crippen molar-refractivity contribution in [3.63, 3.8) is 0 Å². The van der Waals surface area contributed by atoms with Crippen LogP contribution in [0.4, 0.5) is 5.82 Å². The van der Waals surface area contributed by atoms with Crippen molar-refractivity contribution in [2.24, 2.45) is 0 Å². The average molecular weight is 315 g/mol. The fourth-order valence-electron chi connectivity index (χ4n) is 2.00. The van der Waals surface area contributed by atoms with Gasteiger partial charge >= 0.3 is 5.97 Å². The Morgan fingerprint density at radius 1 is 1.17 bits per heavy atom. The number of carboxylic acids is 1. The number of phenolic OH excluding ortho intramolecular Hbond substituents is 1. The number of rotatable bonds is 6. The van der Waals surface area contributed by atoms with E-state index in [2.05, 4.69) is 15.6 Å². The summed E-state index contributed by atoms with van der Waals surface area (Å²) in [6.07, 6.45) is 1.67. The van der Waals surface area contributed by atoms with E-state index in [0.717, 1.165) is 17.4 Å². The number of anilines is 1. The number of nitrogens with zero attached hydrogens (tertiary/aromatic N) is 1. The number of nitrogens with one attached hydrogen (secondary N) is 2. The van der Waals surface area contributed by atoms with Crippen LogP contribution in [0.3, 0.4) is 0 Å². The molecule has 0 aliphatic rings. The molecule has 0 aliphatic carbocycles. The minimum absolute atomic E-state index is 0.0939. The van der Waals surface area contributed by atoms with Gasteiger partial charge in [-0.1, -0.05) is 6.07 Å². The zero-order valence-electron chi connectivity index (χ0n) is 12.5. The molecule has 1 amide bonds. The van der Waals surface area contributed by atoms with E-state index in [9.17, 15) is 14.7 Å². The van der Waals surface area contributed by atoms with Gasteiger partial charge in [0.15, 0.2) is 0 Å². The van der Waals surface area contributed by atoms with Crippen molar-refractivity contribution in [3.05, 3.63) is 53.2 Å². The Morgan fingerprint density at radius 2 is 1.91 bits per heavy atom. The molecule has 23 heavy (non-hydrogen) atoms. The molecule has 0 saturated heterocycles. The van der Waals surface area contributed by atoms with Crippen LogP contribution in [0.2, 0.25) is 0 Å². The maximum absolute atomic E-state index is 12.0. The molecule has 0 atom stereocenters. The Bertz CT molecular complexity index is 731. The van der Waals surface area contributed by atoms with Crippen molar-refractivity contribution in [3.8, 4) is 5.75 Å². The number of aromatic carboxylic acids is 1. The summed E-state index contributed by atoms with van der Waals surface area (Å²) in [7, 11) is 0. The lowest BCUT2D eigenvalue weighted by Gasteiger charge is -2.09. The fraction of sp³-hybridized carbons (Fsp3) is 0.188. The number of aromatic nitrogens is 1. The van der Waals surface area contributed by atoms with Gasteiger partial charge in [0.2, 0.25) is 0 Å². The summed E-state index contributed by atoms with van der Waals surface area (Å²) < 4.78 is 0. The maximum Gasteiger partial charge on any atom is 0.335 e. The SMILES string of the molecule is Cc1cccnc1NCCNC(=O)c1cc(O)cc(C(=O)O)c1. The number of carbonyl (C=O) groups excluding carboxylic acids is 1. The van der Waals surface area contributed by atoms with Gasteiger partial charge in [0, 0.05) is 24.8 Å². The van der Waals surface area contributed by atoms with E-state index in [0.29, 0.717) is 13.1 Å². The monoisotopic (exact) mass is 315 g/mol. The van der Waals surface area contributed by atoms with Crippen LogP contribution in [-0.4, -0.2) is 40.2 Å². The highest BCUT2D eigenvalue weighted by molar-refractivity contribution is 5.98. The zero-order valence-corrected chi connectivity index (χ0v) is 12.5. The van der Waals surface area contributed by atoms with E-state index >= 15 is 0 Å². The van der Waals surface area contributed by atoms with Crippen molar-refractivity contribution in [2.75, 3.05) is 18.4 Å². The lowest BCUT2D eigenvalue weighted by atomic mass is 10.1. The predicted molar refractivity (Wildman–Crippen MR) is 84.9 cm³/mol. The fourth-order valence-corrected chi connectivity index (χ4v) is 2.00. The highest BCUT2D eigenvalue weighted by Gasteiger charge is 2.11. The summed E-state index contributed by atoms with van der Waals surface area (Å²) in [5.74, 6) is -1.19. The smallest absolute Gasteiger partial charge is 0.335 e. The predicted octanol–water partition coefficient (Wildman–Crippen LogP) is 1.64. The molecule has 2 rings (SSSR count). The van der Waals surface area contributed by atoms with E-state index in [1.54, 1.807) is 6.20 Å². The number of phenols is 1. The highest BCUT2D eigenvalue weighted by atomic mass is 16.4. The molecular formula is C16H17N3O4. The van der Waals surface area contributed by atoms with Gasteiger partial charge in [0.25, 0.3) is 5.91 Å². The first-order chi connectivity index (χ1) is 11.0. The van der Waals surface area contributed by atoms with Gasteiger partial charge in [-0.05, 0) is 36.8 Å². The number of hydrogen-bond donors (Lipinski definition) is 4. The third-order valence-corrected chi connectivity index (χ3v) is 3.14. The Labute approximate surface area is 133 Å². The molecule has 0 radical (unpaired) electrons. The lowest BCUT2D eigenvalue weighted by Crippen LogP contribution is -2.29. The van der Waals surface area contributed by atoms with Crippen molar-refractivity contribution >= 4 is 17.7 Å². The standard InChI is InChI=1S/C16H17N3O4/c1-10-3-2-4-17-14(10)18-5-6-19-15(21)11-7-12(16(22)23)9-13(20)8-11/h2-4,7-9,20H,5-6H2,1H3,(H,17,18)(H,19,21)(H,22,23). The second-order valence-corrected chi connectivity index (χ2v) is 4.93. The van der Waals surface area contributed by atoms with Crippen LogP contribution in [0, 0.1) is 6.92 Å². The molecule has 1 aromatic heterocycles. The lowest BCUT2D eigenvalue weighted by molar-refractivity contribution is 0.0696. The summed E-state index contributed by atoms with van der Waals surface area (Å²) in [6.45, 7) is 2.72. The first-order valence-corrected chi connectivity index (χ1v) is 6.98. The van der Waals surface area contributed by atoms with Gasteiger partial charge in [0.1, 0.15) is 11.6 Å². The molecule has 0 aliphatic heterocycles. The second kappa shape index (κ2) is 7.26. The van der Waals surface area contributed by atoms with E-state index < -0.39 is 11.9 Å². The average Bonchev–Trinajstić information content (AvgIpc) is 2.52. The molecule has 1 heterocycles. The maximum atomic E-state index is 12.0. The molecule has 1 aromatic carbocycles. The van der Waals surface area contributed by atoms with Gasteiger partial charge in [-0.3, -0.25) is 4.79 Å². The number of pyridine rings is 1. The molecular weight excluding hydrogens is 298 g/mol. The van der Waals surface area contributed by atoms with Crippen LogP contribution in [-0.2, 0) is 0 Å². The molecule has 0 unspecified atom stereocenters. The first kappa shape index (κ1) is 16.3. The molecule has 120 valence electrons.